The van der Waals surface area contributed by atoms with E-state index in [0.717, 1.165) is 24.6 Å². The summed E-state index contributed by atoms with van der Waals surface area (Å²) in [5, 5.41) is 3.44. The highest BCUT2D eigenvalue weighted by atomic mass is 16.5. The van der Waals surface area contributed by atoms with Crippen molar-refractivity contribution in [1.29, 1.82) is 0 Å². The Hall–Kier alpha value is -0.800. The molecule has 0 saturated heterocycles. The van der Waals surface area contributed by atoms with Crippen molar-refractivity contribution in [3.8, 4) is 0 Å². The zero-order valence-corrected chi connectivity index (χ0v) is 13.2. The van der Waals surface area contributed by atoms with Crippen molar-refractivity contribution in [1.82, 2.24) is 5.32 Å². The SMILES string of the molecule is Cc1oc(COC(C)C(C)C)cc1CNCC(C)C. The van der Waals surface area contributed by atoms with Gasteiger partial charge in [-0.1, -0.05) is 27.7 Å². The molecule has 1 atom stereocenters. The van der Waals surface area contributed by atoms with E-state index < -0.39 is 0 Å². The van der Waals surface area contributed by atoms with Gasteiger partial charge in [0.2, 0.25) is 0 Å². The molecule has 110 valence electrons. The number of hydrogen-bond acceptors (Lipinski definition) is 3. The minimum Gasteiger partial charge on any atom is -0.464 e. The first-order valence-electron chi connectivity index (χ1n) is 7.30. The van der Waals surface area contributed by atoms with E-state index in [1.165, 1.54) is 5.56 Å². The van der Waals surface area contributed by atoms with E-state index in [-0.39, 0.29) is 6.10 Å². The molecule has 1 unspecified atom stereocenters. The normalized spacial score (nSPS) is 13.5. The van der Waals surface area contributed by atoms with Gasteiger partial charge in [0.15, 0.2) is 0 Å². The van der Waals surface area contributed by atoms with Gasteiger partial charge < -0.3 is 14.5 Å². The summed E-state index contributed by atoms with van der Waals surface area (Å²) in [4.78, 5) is 0. The van der Waals surface area contributed by atoms with Gasteiger partial charge >= 0.3 is 0 Å². The molecule has 1 aromatic rings. The molecule has 0 aromatic carbocycles. The lowest BCUT2D eigenvalue weighted by Gasteiger charge is -2.15. The van der Waals surface area contributed by atoms with Crippen LogP contribution in [0.4, 0.5) is 0 Å². The van der Waals surface area contributed by atoms with Gasteiger partial charge in [0.25, 0.3) is 0 Å². The zero-order chi connectivity index (χ0) is 14.4. The maximum absolute atomic E-state index is 5.79. The molecule has 1 N–H and O–H groups in total. The number of nitrogens with one attached hydrogen (secondary N) is 1. The second kappa shape index (κ2) is 7.71. The Kier molecular flexibility index (Phi) is 6.59. The van der Waals surface area contributed by atoms with Gasteiger partial charge in [-0.25, -0.2) is 0 Å². The van der Waals surface area contributed by atoms with Crippen molar-refractivity contribution in [2.24, 2.45) is 11.8 Å². The van der Waals surface area contributed by atoms with Crippen molar-refractivity contribution < 1.29 is 9.15 Å². The molecule has 0 amide bonds. The van der Waals surface area contributed by atoms with Crippen molar-refractivity contribution >= 4 is 0 Å². The second-order valence-electron chi connectivity index (χ2n) is 6.08. The summed E-state index contributed by atoms with van der Waals surface area (Å²) < 4.78 is 11.5. The van der Waals surface area contributed by atoms with E-state index in [1.54, 1.807) is 0 Å². The minimum absolute atomic E-state index is 0.257. The highest BCUT2D eigenvalue weighted by Crippen LogP contribution is 2.17. The van der Waals surface area contributed by atoms with Crippen LogP contribution in [0.1, 0.15) is 51.7 Å². The highest BCUT2D eigenvalue weighted by Gasteiger charge is 2.11. The van der Waals surface area contributed by atoms with Gasteiger partial charge in [-0.2, -0.15) is 0 Å². The lowest BCUT2D eigenvalue weighted by Crippen LogP contribution is -2.19. The van der Waals surface area contributed by atoms with Crippen LogP contribution in [0.15, 0.2) is 10.5 Å². The molecule has 0 aliphatic rings. The summed E-state index contributed by atoms with van der Waals surface area (Å²) in [7, 11) is 0. The van der Waals surface area contributed by atoms with E-state index in [4.69, 9.17) is 9.15 Å². The fourth-order valence-corrected chi connectivity index (χ4v) is 1.74. The van der Waals surface area contributed by atoms with Gasteiger partial charge in [-0.3, -0.25) is 0 Å². The second-order valence-corrected chi connectivity index (χ2v) is 6.08. The van der Waals surface area contributed by atoms with Crippen LogP contribution < -0.4 is 5.32 Å². The molecule has 0 bridgehead atoms. The van der Waals surface area contributed by atoms with Crippen molar-refractivity contribution in [3.05, 3.63) is 23.2 Å². The Labute approximate surface area is 117 Å². The first-order valence-corrected chi connectivity index (χ1v) is 7.30. The average molecular weight is 267 g/mol. The highest BCUT2D eigenvalue weighted by molar-refractivity contribution is 5.20. The Morgan fingerprint density at radius 3 is 2.47 bits per heavy atom. The van der Waals surface area contributed by atoms with Crippen LogP contribution in [0.5, 0.6) is 0 Å². The molecule has 19 heavy (non-hydrogen) atoms. The van der Waals surface area contributed by atoms with Crippen molar-refractivity contribution in [2.45, 2.75) is 60.8 Å². The Morgan fingerprint density at radius 2 is 1.89 bits per heavy atom. The molecule has 0 radical (unpaired) electrons. The van der Waals surface area contributed by atoms with E-state index >= 15 is 0 Å². The lowest BCUT2D eigenvalue weighted by molar-refractivity contribution is 0.0146. The minimum atomic E-state index is 0.257. The lowest BCUT2D eigenvalue weighted by atomic mass is 10.1. The Balaban J connectivity index is 2.45. The van der Waals surface area contributed by atoms with Crippen LogP contribution in [0.3, 0.4) is 0 Å². The molecule has 3 heteroatoms. The van der Waals surface area contributed by atoms with Gasteiger partial charge in [0.05, 0.1) is 6.10 Å². The van der Waals surface area contributed by atoms with Gasteiger partial charge in [0.1, 0.15) is 18.1 Å². The summed E-state index contributed by atoms with van der Waals surface area (Å²) in [6, 6.07) is 2.11. The predicted octanol–water partition coefficient (Wildman–Crippen LogP) is 3.89. The zero-order valence-electron chi connectivity index (χ0n) is 13.2. The summed E-state index contributed by atoms with van der Waals surface area (Å²) in [6.45, 7) is 15.3. The average Bonchev–Trinajstić information content (AvgIpc) is 2.66. The summed E-state index contributed by atoms with van der Waals surface area (Å²) in [6.07, 6.45) is 0.257. The third-order valence-electron chi connectivity index (χ3n) is 3.37. The molecule has 0 aliphatic heterocycles. The maximum atomic E-state index is 5.79. The summed E-state index contributed by atoms with van der Waals surface area (Å²) in [5.41, 5.74) is 1.23. The number of hydrogen-bond donors (Lipinski definition) is 1. The molecule has 1 aromatic heterocycles. The van der Waals surface area contributed by atoms with Crippen LogP contribution in [0.2, 0.25) is 0 Å². The molecular weight excluding hydrogens is 238 g/mol. The monoisotopic (exact) mass is 267 g/mol. The van der Waals surface area contributed by atoms with E-state index in [9.17, 15) is 0 Å². The molecule has 1 rings (SSSR count). The van der Waals surface area contributed by atoms with Crippen LogP contribution >= 0.6 is 0 Å². The predicted molar refractivity (Wildman–Crippen MR) is 79.1 cm³/mol. The molecule has 0 aliphatic carbocycles. The number of rotatable bonds is 8. The molecule has 0 fully saturated rings. The fraction of sp³-hybridized carbons (Fsp3) is 0.750. The van der Waals surface area contributed by atoms with Crippen LogP contribution in [0.25, 0.3) is 0 Å². The Morgan fingerprint density at radius 1 is 1.21 bits per heavy atom. The summed E-state index contributed by atoms with van der Waals surface area (Å²) in [5.74, 6) is 3.11. The van der Waals surface area contributed by atoms with Crippen molar-refractivity contribution in [3.63, 3.8) is 0 Å². The number of aryl methyl sites for hydroxylation is 1. The van der Waals surface area contributed by atoms with Crippen LogP contribution in [0, 0.1) is 18.8 Å². The molecular formula is C16H29NO2. The van der Waals surface area contributed by atoms with Crippen molar-refractivity contribution in [2.75, 3.05) is 6.54 Å². The summed E-state index contributed by atoms with van der Waals surface area (Å²) >= 11 is 0. The van der Waals surface area contributed by atoms with Gasteiger partial charge in [-0.05, 0) is 38.3 Å². The van der Waals surface area contributed by atoms with E-state index in [1.807, 2.05) is 6.92 Å². The molecule has 3 nitrogen and oxygen atoms in total. The smallest absolute Gasteiger partial charge is 0.130 e. The third-order valence-corrected chi connectivity index (χ3v) is 3.37. The van der Waals surface area contributed by atoms with Gasteiger partial charge in [0, 0.05) is 12.1 Å². The first-order chi connectivity index (χ1) is 8.90. The fourth-order valence-electron chi connectivity index (χ4n) is 1.74. The molecule has 0 saturated carbocycles. The van der Waals surface area contributed by atoms with Gasteiger partial charge in [-0.15, -0.1) is 0 Å². The topological polar surface area (TPSA) is 34.4 Å². The van der Waals surface area contributed by atoms with E-state index in [2.05, 4.69) is 46.0 Å². The molecule has 0 spiro atoms. The van der Waals surface area contributed by atoms with Crippen LogP contribution in [-0.2, 0) is 17.9 Å². The third kappa shape index (κ3) is 5.79. The maximum Gasteiger partial charge on any atom is 0.130 e. The van der Waals surface area contributed by atoms with Crippen LogP contribution in [-0.4, -0.2) is 12.6 Å². The number of furan rings is 1. The molecule has 1 heterocycles. The first kappa shape index (κ1) is 16.3. The number of ether oxygens (including phenoxy) is 1. The largest absolute Gasteiger partial charge is 0.464 e. The quantitative estimate of drug-likeness (QED) is 0.776. The standard InChI is InChI=1S/C16H29NO2/c1-11(2)8-17-9-15-7-16(19-14(15)6)10-18-13(5)12(3)4/h7,11-13,17H,8-10H2,1-6H3. The Bertz CT molecular complexity index is 369. The van der Waals surface area contributed by atoms with E-state index in [0.29, 0.717) is 18.4 Å².